The summed E-state index contributed by atoms with van der Waals surface area (Å²) in [6, 6.07) is 7.72. The predicted octanol–water partition coefficient (Wildman–Crippen LogP) is 5.81. The highest BCUT2D eigenvalue weighted by Gasteiger charge is 2.30. The van der Waals surface area contributed by atoms with Gasteiger partial charge < -0.3 is 4.74 Å². The van der Waals surface area contributed by atoms with Crippen LogP contribution >= 0.6 is 0 Å². The SMILES string of the molecule is CCCCC(=O)c1cc2c(c(-c3ccncc3)c1)N(C(=O)OC(C)(C)C)CCC2. The molecule has 29 heavy (non-hydrogen) atoms. The van der Waals surface area contributed by atoms with E-state index in [0.717, 1.165) is 53.6 Å². The number of ketones is 1. The lowest BCUT2D eigenvalue weighted by Gasteiger charge is -2.33. The van der Waals surface area contributed by atoms with E-state index >= 15 is 0 Å². The van der Waals surface area contributed by atoms with Gasteiger partial charge in [-0.25, -0.2) is 4.79 Å². The summed E-state index contributed by atoms with van der Waals surface area (Å²) in [7, 11) is 0. The van der Waals surface area contributed by atoms with Crippen molar-refractivity contribution in [1.29, 1.82) is 0 Å². The van der Waals surface area contributed by atoms with Crippen LogP contribution in [0.4, 0.5) is 10.5 Å². The highest BCUT2D eigenvalue weighted by Crippen LogP contribution is 2.39. The number of nitrogens with zero attached hydrogens (tertiary/aromatic N) is 2. The molecule has 5 nitrogen and oxygen atoms in total. The Hall–Kier alpha value is -2.69. The van der Waals surface area contributed by atoms with E-state index in [-0.39, 0.29) is 11.9 Å². The third-order valence-electron chi connectivity index (χ3n) is 4.97. The Morgan fingerprint density at radius 2 is 1.90 bits per heavy atom. The number of ether oxygens (including phenoxy) is 1. The molecule has 1 aliphatic heterocycles. The van der Waals surface area contributed by atoms with Gasteiger partial charge in [0.05, 0.1) is 5.69 Å². The molecule has 5 heteroatoms. The summed E-state index contributed by atoms with van der Waals surface area (Å²) in [6.07, 6.45) is 7.20. The van der Waals surface area contributed by atoms with Gasteiger partial charge in [-0.3, -0.25) is 14.7 Å². The van der Waals surface area contributed by atoms with Crippen LogP contribution in [0.1, 0.15) is 69.3 Å². The molecule has 1 amide bonds. The average molecular weight is 395 g/mol. The highest BCUT2D eigenvalue weighted by atomic mass is 16.6. The van der Waals surface area contributed by atoms with Crippen molar-refractivity contribution >= 4 is 17.6 Å². The zero-order valence-corrected chi connectivity index (χ0v) is 17.8. The third-order valence-corrected chi connectivity index (χ3v) is 4.97. The second-order valence-corrected chi connectivity index (χ2v) is 8.53. The van der Waals surface area contributed by atoms with Gasteiger partial charge in [0.1, 0.15) is 5.60 Å². The number of fused-ring (bicyclic) bond motifs is 1. The van der Waals surface area contributed by atoms with Crippen LogP contribution < -0.4 is 4.90 Å². The normalized spacial score (nSPS) is 13.7. The number of anilines is 1. The number of aromatic nitrogens is 1. The van der Waals surface area contributed by atoms with Gasteiger partial charge in [0.15, 0.2) is 5.78 Å². The third kappa shape index (κ3) is 5.03. The molecule has 0 unspecified atom stereocenters. The molecule has 3 rings (SSSR count). The Kier molecular flexibility index (Phi) is 6.36. The van der Waals surface area contributed by atoms with Crippen molar-refractivity contribution in [3.8, 4) is 11.1 Å². The van der Waals surface area contributed by atoms with Gasteiger partial charge in [0.25, 0.3) is 0 Å². The molecule has 0 saturated heterocycles. The summed E-state index contributed by atoms with van der Waals surface area (Å²) in [5.41, 5.74) is 3.85. The largest absolute Gasteiger partial charge is 0.443 e. The number of unbranched alkanes of at least 4 members (excludes halogenated alkanes) is 1. The first-order valence-corrected chi connectivity index (χ1v) is 10.4. The summed E-state index contributed by atoms with van der Waals surface area (Å²) in [6.45, 7) is 8.30. The van der Waals surface area contributed by atoms with Crippen LogP contribution in [0.15, 0.2) is 36.7 Å². The first-order chi connectivity index (χ1) is 13.8. The summed E-state index contributed by atoms with van der Waals surface area (Å²) in [5.74, 6) is 0.152. The minimum atomic E-state index is -0.568. The zero-order valence-electron chi connectivity index (χ0n) is 17.8. The van der Waals surface area contributed by atoms with E-state index in [0.29, 0.717) is 13.0 Å². The molecule has 0 bridgehead atoms. The molecule has 2 aromatic rings. The number of hydrogen-bond donors (Lipinski definition) is 0. The highest BCUT2D eigenvalue weighted by molar-refractivity contribution is 6.02. The quantitative estimate of drug-likeness (QED) is 0.601. The Bertz CT molecular complexity index is 885. The van der Waals surface area contributed by atoms with Crippen LogP contribution in [0, 0.1) is 0 Å². The summed E-state index contributed by atoms with van der Waals surface area (Å²) in [4.78, 5) is 31.5. The molecule has 154 valence electrons. The average Bonchev–Trinajstić information content (AvgIpc) is 2.70. The van der Waals surface area contributed by atoms with Crippen molar-refractivity contribution in [3.05, 3.63) is 47.8 Å². The summed E-state index contributed by atoms with van der Waals surface area (Å²) in [5, 5.41) is 0. The summed E-state index contributed by atoms with van der Waals surface area (Å²) < 4.78 is 5.66. The van der Waals surface area contributed by atoms with E-state index in [1.54, 1.807) is 17.3 Å². The fourth-order valence-corrected chi connectivity index (χ4v) is 3.64. The number of carbonyl (C=O) groups is 2. The number of aryl methyl sites for hydroxylation is 1. The van der Waals surface area contributed by atoms with Crippen molar-refractivity contribution in [2.75, 3.05) is 11.4 Å². The van der Waals surface area contributed by atoms with E-state index in [1.165, 1.54) is 0 Å². The molecule has 1 aromatic carbocycles. The van der Waals surface area contributed by atoms with Gasteiger partial charge in [-0.15, -0.1) is 0 Å². The molecule has 0 N–H and O–H groups in total. The van der Waals surface area contributed by atoms with Crippen molar-refractivity contribution in [1.82, 2.24) is 4.98 Å². The maximum atomic E-state index is 12.9. The minimum Gasteiger partial charge on any atom is -0.443 e. The fraction of sp³-hybridized carbons (Fsp3) is 0.458. The van der Waals surface area contributed by atoms with Gasteiger partial charge in [-0.05, 0) is 75.4 Å². The first-order valence-electron chi connectivity index (χ1n) is 10.4. The monoisotopic (exact) mass is 394 g/mol. The predicted molar refractivity (Wildman–Crippen MR) is 115 cm³/mol. The summed E-state index contributed by atoms with van der Waals surface area (Å²) >= 11 is 0. The van der Waals surface area contributed by atoms with E-state index in [2.05, 4.69) is 11.9 Å². The van der Waals surface area contributed by atoms with Crippen LogP contribution in [0.25, 0.3) is 11.1 Å². The van der Waals surface area contributed by atoms with Crippen LogP contribution in [-0.2, 0) is 11.2 Å². The van der Waals surface area contributed by atoms with Gasteiger partial charge in [-0.2, -0.15) is 0 Å². The molecule has 0 radical (unpaired) electrons. The number of Topliss-reactive ketones (excluding diaryl/α,β-unsaturated/α-hetero) is 1. The molecule has 1 aromatic heterocycles. The van der Waals surface area contributed by atoms with Crippen molar-refractivity contribution in [2.24, 2.45) is 0 Å². The lowest BCUT2D eigenvalue weighted by atomic mass is 9.90. The molecular weight excluding hydrogens is 364 g/mol. The van der Waals surface area contributed by atoms with Crippen molar-refractivity contribution in [2.45, 2.75) is 65.4 Å². The van der Waals surface area contributed by atoms with Crippen molar-refractivity contribution in [3.63, 3.8) is 0 Å². The van der Waals surface area contributed by atoms with Crippen molar-refractivity contribution < 1.29 is 14.3 Å². The molecule has 0 spiro atoms. The topological polar surface area (TPSA) is 59.5 Å². The lowest BCUT2D eigenvalue weighted by molar-refractivity contribution is 0.0578. The first kappa shape index (κ1) is 21.0. The maximum absolute atomic E-state index is 12.9. The number of hydrogen-bond acceptors (Lipinski definition) is 4. The molecule has 1 aliphatic rings. The van der Waals surface area contributed by atoms with E-state index < -0.39 is 5.60 Å². The van der Waals surface area contributed by atoms with Gasteiger partial charge in [-0.1, -0.05) is 13.3 Å². The van der Waals surface area contributed by atoms with Gasteiger partial charge >= 0.3 is 6.09 Å². The van der Waals surface area contributed by atoms with E-state index in [4.69, 9.17) is 4.74 Å². The standard InChI is InChI=1S/C24H30N2O3/c1-5-6-9-21(27)19-15-18-8-7-14-26(23(28)29-24(2,3)4)22(18)20(16-19)17-10-12-25-13-11-17/h10-13,15-16H,5-9,14H2,1-4H3. The van der Waals surface area contributed by atoms with Crippen LogP contribution in [-0.4, -0.2) is 29.0 Å². The van der Waals surface area contributed by atoms with E-state index in [1.807, 2.05) is 45.0 Å². The van der Waals surface area contributed by atoms with Crippen LogP contribution in [0.5, 0.6) is 0 Å². The van der Waals surface area contributed by atoms with Crippen LogP contribution in [0.2, 0.25) is 0 Å². The molecule has 2 heterocycles. The van der Waals surface area contributed by atoms with Gasteiger partial charge in [0.2, 0.25) is 0 Å². The smallest absolute Gasteiger partial charge is 0.414 e. The zero-order chi connectivity index (χ0) is 21.0. The molecule has 0 saturated carbocycles. The number of pyridine rings is 1. The number of amides is 1. The number of benzene rings is 1. The molecule has 0 atom stereocenters. The Labute approximate surface area is 173 Å². The Balaban J connectivity index is 2.10. The lowest BCUT2D eigenvalue weighted by Crippen LogP contribution is -2.40. The maximum Gasteiger partial charge on any atom is 0.414 e. The fourth-order valence-electron chi connectivity index (χ4n) is 3.64. The van der Waals surface area contributed by atoms with Crippen LogP contribution in [0.3, 0.4) is 0 Å². The number of rotatable bonds is 5. The Morgan fingerprint density at radius 1 is 1.17 bits per heavy atom. The molecular formula is C24H30N2O3. The Morgan fingerprint density at radius 3 is 2.55 bits per heavy atom. The van der Waals surface area contributed by atoms with Gasteiger partial charge in [0, 0.05) is 36.5 Å². The second kappa shape index (κ2) is 8.76. The number of carbonyl (C=O) groups excluding carboxylic acids is 2. The minimum absolute atomic E-state index is 0.152. The second-order valence-electron chi connectivity index (χ2n) is 8.53. The molecule has 0 fully saturated rings. The molecule has 0 aliphatic carbocycles. The van der Waals surface area contributed by atoms with E-state index in [9.17, 15) is 9.59 Å².